The second kappa shape index (κ2) is 23.2. The van der Waals surface area contributed by atoms with E-state index in [1.165, 1.54) is 30.7 Å². The third-order valence-corrected chi connectivity index (χ3v) is 12.0. The predicted octanol–water partition coefficient (Wildman–Crippen LogP) is 2.67. The Morgan fingerprint density at radius 1 is 0.933 bits per heavy atom. The van der Waals surface area contributed by atoms with Crippen molar-refractivity contribution in [2.75, 3.05) is 6.54 Å². The van der Waals surface area contributed by atoms with Crippen LogP contribution in [0.25, 0.3) is 0 Å². The molecule has 1 aromatic heterocycles. The molecule has 1 saturated carbocycles. The largest absolute Gasteiger partial charge is 0.342 e. The molecular formula is C39H53ClF2N8O9S. The molecule has 1 aromatic carbocycles. The van der Waals surface area contributed by atoms with E-state index in [0.29, 0.717) is 19.3 Å². The summed E-state index contributed by atoms with van der Waals surface area (Å²) in [5.74, 6) is -9.17. The van der Waals surface area contributed by atoms with Gasteiger partial charge in [0.05, 0.1) is 17.1 Å². The summed E-state index contributed by atoms with van der Waals surface area (Å²) in [5, 5.41) is 9.54. The fourth-order valence-electron chi connectivity index (χ4n) is 6.58. The van der Waals surface area contributed by atoms with Crippen molar-refractivity contribution in [1.29, 1.82) is 0 Å². The molecule has 0 unspecified atom stereocenters. The Morgan fingerprint density at radius 3 is 2.20 bits per heavy atom. The van der Waals surface area contributed by atoms with E-state index in [-0.39, 0.29) is 39.7 Å². The van der Waals surface area contributed by atoms with Gasteiger partial charge in [-0.2, -0.15) is 0 Å². The lowest BCUT2D eigenvalue weighted by atomic mass is 9.84. The second-order valence-electron chi connectivity index (χ2n) is 15.2. The molecule has 1 heterocycles. The SMILES string of the molecule is CC[C@H](C)[C@H](NC(=O)[C@H](CC(C)C)NC(=O)c1cnccn1)C(=O)N[C@@H](CC1CCCCC1)C(=O)N(CC(=O)NC(=O)C(=O)[C@@H](N)CC(F)F)S(=O)(=O)c1cccc(Cl)c1. The number of nitrogens with zero attached hydrogens (tertiary/aromatic N) is 3. The molecule has 0 bridgehead atoms. The Balaban J connectivity index is 2.01. The van der Waals surface area contributed by atoms with Crippen LogP contribution in [0.15, 0.2) is 47.8 Å². The summed E-state index contributed by atoms with van der Waals surface area (Å²) < 4.78 is 54.1. The van der Waals surface area contributed by atoms with Crippen LogP contribution in [-0.4, -0.2) is 101 Å². The highest BCUT2D eigenvalue weighted by molar-refractivity contribution is 7.89. The number of carbonyl (C=O) groups excluding carboxylic acids is 7. The van der Waals surface area contributed by atoms with Gasteiger partial charge in [-0.25, -0.2) is 26.5 Å². The number of amides is 6. The second-order valence-corrected chi connectivity index (χ2v) is 17.5. The number of sulfonamides is 1. The van der Waals surface area contributed by atoms with Crippen LogP contribution in [0.3, 0.4) is 0 Å². The molecule has 6 amide bonds. The first kappa shape index (κ1) is 49.4. The monoisotopic (exact) mass is 882 g/mol. The van der Waals surface area contributed by atoms with E-state index in [1.807, 2.05) is 13.8 Å². The zero-order valence-corrected chi connectivity index (χ0v) is 35.4. The molecule has 60 heavy (non-hydrogen) atoms. The van der Waals surface area contributed by atoms with Crippen molar-refractivity contribution in [2.45, 2.75) is 121 Å². The number of alkyl halides is 2. The lowest BCUT2D eigenvalue weighted by Crippen LogP contribution is -2.60. The number of benzene rings is 1. The number of rotatable bonds is 21. The first-order valence-electron chi connectivity index (χ1n) is 19.7. The summed E-state index contributed by atoms with van der Waals surface area (Å²) in [6.45, 7) is 5.70. The molecule has 3 rings (SSSR count). The number of carbonyl (C=O) groups is 7. The summed E-state index contributed by atoms with van der Waals surface area (Å²) in [4.78, 5) is 101. The molecule has 0 radical (unpaired) electrons. The number of hydrogen-bond acceptors (Lipinski definition) is 12. The fraction of sp³-hybridized carbons (Fsp3) is 0.564. The van der Waals surface area contributed by atoms with Gasteiger partial charge < -0.3 is 21.7 Å². The number of nitrogens with two attached hydrogens (primary N) is 1. The summed E-state index contributed by atoms with van der Waals surface area (Å²) in [6, 6.07) is -1.31. The van der Waals surface area contributed by atoms with Crippen LogP contribution in [0, 0.1) is 17.8 Å². The average Bonchev–Trinajstić information content (AvgIpc) is 3.20. The van der Waals surface area contributed by atoms with E-state index in [1.54, 1.807) is 19.2 Å². The normalized spacial score (nSPS) is 15.8. The van der Waals surface area contributed by atoms with Crippen LogP contribution in [0.1, 0.15) is 96.0 Å². The third kappa shape index (κ3) is 14.6. The van der Waals surface area contributed by atoms with Crippen LogP contribution in [0.4, 0.5) is 8.78 Å². The quantitative estimate of drug-likeness (QED) is 0.114. The standard InChI is InChI=1S/C39H53ClF2N8O9S/c1-5-23(4)33(49-35(53)28(16-22(2)3)46-36(54)30-20-44-14-15-45-30)37(55)47-29(17-24-10-7-6-8-11-24)39(57)50(60(58,59)26-13-9-12-25(40)18-26)21-32(51)48-38(56)34(52)27(43)19-31(41)42/h9,12-15,18,20,22-24,27-29,31,33H,5-8,10-11,16-17,19,21,43H2,1-4H3,(H,46,54)(H,47,55)(H,49,53)(H,48,51,56)/t23-,27-,28-,29-,33-/m0/s1. The Labute approximate surface area is 352 Å². The minimum atomic E-state index is -5.00. The zero-order valence-electron chi connectivity index (χ0n) is 33.9. The van der Waals surface area contributed by atoms with Gasteiger partial charge in [-0.1, -0.05) is 83.9 Å². The lowest BCUT2D eigenvalue weighted by molar-refractivity contribution is -0.143. The van der Waals surface area contributed by atoms with Gasteiger partial charge in [0.25, 0.3) is 27.7 Å². The molecule has 330 valence electrons. The number of imide groups is 1. The number of aromatic nitrogens is 2. The highest BCUT2D eigenvalue weighted by Crippen LogP contribution is 2.29. The van der Waals surface area contributed by atoms with E-state index in [0.717, 1.165) is 31.4 Å². The van der Waals surface area contributed by atoms with Gasteiger partial charge in [-0.15, -0.1) is 0 Å². The Bertz CT molecular complexity index is 1960. The van der Waals surface area contributed by atoms with Crippen LogP contribution < -0.4 is 27.0 Å². The smallest absolute Gasteiger partial charge is 0.295 e. The van der Waals surface area contributed by atoms with Crippen LogP contribution in [0.5, 0.6) is 0 Å². The van der Waals surface area contributed by atoms with Crippen molar-refractivity contribution in [3.63, 3.8) is 0 Å². The lowest BCUT2D eigenvalue weighted by Gasteiger charge is -2.32. The minimum absolute atomic E-state index is 0.0448. The molecule has 17 nitrogen and oxygen atoms in total. The number of hydrogen-bond donors (Lipinski definition) is 5. The summed E-state index contributed by atoms with van der Waals surface area (Å²) in [5.41, 5.74) is 5.34. The van der Waals surface area contributed by atoms with Gasteiger partial charge >= 0.3 is 0 Å². The van der Waals surface area contributed by atoms with Gasteiger partial charge in [0.1, 0.15) is 30.4 Å². The summed E-state index contributed by atoms with van der Waals surface area (Å²) in [7, 11) is -5.00. The maximum absolute atomic E-state index is 14.6. The molecule has 1 aliphatic carbocycles. The van der Waals surface area contributed by atoms with Crippen LogP contribution in [-0.2, 0) is 38.8 Å². The molecule has 0 aliphatic heterocycles. The molecule has 1 fully saturated rings. The predicted molar refractivity (Wildman–Crippen MR) is 214 cm³/mol. The molecule has 2 aromatic rings. The van der Waals surface area contributed by atoms with Crippen LogP contribution >= 0.6 is 11.6 Å². The van der Waals surface area contributed by atoms with E-state index < -0.39 is 106 Å². The number of nitrogens with one attached hydrogen (secondary N) is 4. The Kier molecular flexibility index (Phi) is 19.1. The summed E-state index contributed by atoms with van der Waals surface area (Å²) >= 11 is 6.08. The van der Waals surface area contributed by atoms with Gasteiger partial charge in [-0.05, 0) is 48.8 Å². The van der Waals surface area contributed by atoms with Crippen molar-refractivity contribution >= 4 is 62.9 Å². The Morgan fingerprint density at radius 2 is 1.62 bits per heavy atom. The maximum Gasteiger partial charge on any atom is 0.295 e. The first-order chi connectivity index (χ1) is 28.2. The number of ketones is 1. The van der Waals surface area contributed by atoms with Crippen molar-refractivity contribution in [2.24, 2.45) is 23.5 Å². The zero-order chi connectivity index (χ0) is 44.7. The fourth-order valence-corrected chi connectivity index (χ4v) is 8.27. The van der Waals surface area contributed by atoms with Gasteiger partial charge in [0.2, 0.25) is 29.9 Å². The van der Waals surface area contributed by atoms with Gasteiger partial charge in [0, 0.05) is 23.8 Å². The highest BCUT2D eigenvalue weighted by atomic mass is 35.5. The average molecular weight is 883 g/mol. The third-order valence-electron chi connectivity index (χ3n) is 9.99. The Hall–Kier alpha value is -4.95. The van der Waals surface area contributed by atoms with E-state index >= 15 is 0 Å². The van der Waals surface area contributed by atoms with E-state index in [9.17, 15) is 50.8 Å². The number of Topliss-reactive ketones (excluding diaryl/α,β-unsaturated/α-hetero) is 1. The van der Waals surface area contributed by atoms with Gasteiger partial charge in [-0.3, -0.25) is 43.9 Å². The van der Waals surface area contributed by atoms with Crippen molar-refractivity contribution in [3.05, 3.63) is 53.6 Å². The molecule has 0 spiro atoms. The van der Waals surface area contributed by atoms with Crippen LogP contribution in [0.2, 0.25) is 5.02 Å². The molecular weight excluding hydrogens is 830 g/mol. The molecule has 21 heteroatoms. The first-order valence-corrected chi connectivity index (χ1v) is 21.5. The molecule has 6 N–H and O–H groups in total. The number of halogens is 3. The van der Waals surface area contributed by atoms with Gasteiger partial charge in [0.15, 0.2) is 0 Å². The molecule has 1 aliphatic rings. The molecule has 0 saturated heterocycles. The van der Waals surface area contributed by atoms with Crippen molar-refractivity contribution in [1.82, 2.24) is 35.5 Å². The highest BCUT2D eigenvalue weighted by Gasteiger charge is 2.40. The summed E-state index contributed by atoms with van der Waals surface area (Å²) in [6.07, 6.45) is 3.86. The molecule has 5 atom stereocenters. The van der Waals surface area contributed by atoms with E-state index in [2.05, 4.69) is 25.9 Å². The van der Waals surface area contributed by atoms with Crippen molar-refractivity contribution in [3.8, 4) is 0 Å². The topological polar surface area (TPSA) is 257 Å². The minimum Gasteiger partial charge on any atom is -0.342 e. The maximum atomic E-state index is 14.6. The van der Waals surface area contributed by atoms with E-state index in [4.69, 9.17) is 17.3 Å². The van der Waals surface area contributed by atoms with Crippen molar-refractivity contribution < 1.29 is 50.8 Å².